The number of hydrogen-bond donors (Lipinski definition) is 1. The minimum Gasteiger partial charge on any atom is -0.493 e. The van der Waals surface area contributed by atoms with E-state index in [0.717, 1.165) is 22.6 Å². The number of methoxy groups -OCH3 is 3. The van der Waals surface area contributed by atoms with Gasteiger partial charge in [-0.3, -0.25) is 9.69 Å². The first-order chi connectivity index (χ1) is 15.9. The van der Waals surface area contributed by atoms with Crippen LogP contribution in [0.2, 0.25) is 0 Å². The Kier molecular flexibility index (Phi) is 8.27. The van der Waals surface area contributed by atoms with E-state index in [9.17, 15) is 4.79 Å². The van der Waals surface area contributed by atoms with Gasteiger partial charge in [-0.1, -0.05) is 26.0 Å². The second kappa shape index (κ2) is 11.1. The fraction of sp³-hybridized carbons (Fsp3) is 0.480. The lowest BCUT2D eigenvalue weighted by atomic mass is 9.95. The summed E-state index contributed by atoms with van der Waals surface area (Å²) in [6.07, 6.45) is 0. The topological polar surface area (TPSA) is 78.5 Å². The van der Waals surface area contributed by atoms with Crippen LogP contribution in [-0.2, 0) is 11.3 Å². The zero-order chi connectivity index (χ0) is 24.0. The standard InChI is InChI=1S/C25H34N2O6/c1-16(2)23(17-7-9-19-21(13-17)33-12-11-32-19)26-22(28)15-27(3)14-18-8-10-20(29-4)25(31-6)24(18)30-5/h7-10,13,16,23H,11-12,14-15H2,1-6H3,(H,26,28). The Balaban J connectivity index is 1.68. The van der Waals surface area contributed by atoms with E-state index < -0.39 is 0 Å². The molecule has 0 saturated carbocycles. The van der Waals surface area contributed by atoms with Gasteiger partial charge in [0.25, 0.3) is 0 Å². The molecule has 33 heavy (non-hydrogen) atoms. The molecule has 1 heterocycles. The molecule has 2 aromatic rings. The fourth-order valence-electron chi connectivity index (χ4n) is 3.99. The van der Waals surface area contributed by atoms with E-state index in [2.05, 4.69) is 19.2 Å². The van der Waals surface area contributed by atoms with Crippen molar-refractivity contribution < 1.29 is 28.5 Å². The molecule has 8 nitrogen and oxygen atoms in total. The van der Waals surface area contributed by atoms with Crippen LogP contribution in [-0.4, -0.2) is 58.9 Å². The van der Waals surface area contributed by atoms with Crippen LogP contribution in [0.15, 0.2) is 30.3 Å². The molecule has 0 radical (unpaired) electrons. The van der Waals surface area contributed by atoms with E-state index in [1.807, 2.05) is 42.3 Å². The minimum absolute atomic E-state index is 0.0643. The summed E-state index contributed by atoms with van der Waals surface area (Å²) in [5.74, 6) is 3.32. The first-order valence-corrected chi connectivity index (χ1v) is 11.0. The zero-order valence-electron chi connectivity index (χ0n) is 20.3. The lowest BCUT2D eigenvalue weighted by Gasteiger charge is -2.26. The van der Waals surface area contributed by atoms with Crippen LogP contribution in [0.3, 0.4) is 0 Å². The lowest BCUT2D eigenvalue weighted by molar-refractivity contribution is -0.123. The third kappa shape index (κ3) is 5.82. The molecule has 0 saturated heterocycles. The summed E-state index contributed by atoms with van der Waals surface area (Å²) in [6, 6.07) is 9.45. The molecule has 0 aromatic heterocycles. The predicted octanol–water partition coefficient (Wildman–Crippen LogP) is 3.43. The highest BCUT2D eigenvalue weighted by atomic mass is 16.6. The number of amides is 1. The van der Waals surface area contributed by atoms with Crippen LogP contribution in [0.5, 0.6) is 28.7 Å². The Morgan fingerprint density at radius 2 is 1.70 bits per heavy atom. The summed E-state index contributed by atoms with van der Waals surface area (Å²) in [5, 5.41) is 3.17. The van der Waals surface area contributed by atoms with Crippen LogP contribution in [0, 0.1) is 5.92 Å². The van der Waals surface area contributed by atoms with Crippen molar-refractivity contribution in [1.82, 2.24) is 10.2 Å². The van der Waals surface area contributed by atoms with Crippen molar-refractivity contribution in [3.63, 3.8) is 0 Å². The number of rotatable bonds is 10. The predicted molar refractivity (Wildman–Crippen MR) is 126 cm³/mol. The van der Waals surface area contributed by atoms with Gasteiger partial charge in [-0.05, 0) is 36.7 Å². The number of fused-ring (bicyclic) bond motifs is 1. The molecule has 1 aliphatic heterocycles. The molecule has 8 heteroatoms. The Morgan fingerprint density at radius 1 is 1.00 bits per heavy atom. The molecule has 2 aromatic carbocycles. The van der Waals surface area contributed by atoms with Gasteiger partial charge in [-0.25, -0.2) is 0 Å². The Labute approximate surface area is 195 Å². The van der Waals surface area contributed by atoms with Crippen LogP contribution in [0.1, 0.15) is 31.0 Å². The third-order valence-corrected chi connectivity index (χ3v) is 5.55. The maximum atomic E-state index is 12.9. The number of benzene rings is 2. The Hall–Kier alpha value is -3.13. The van der Waals surface area contributed by atoms with E-state index in [-0.39, 0.29) is 24.4 Å². The molecular formula is C25H34N2O6. The first-order valence-electron chi connectivity index (χ1n) is 11.0. The number of hydrogen-bond acceptors (Lipinski definition) is 7. The summed E-state index contributed by atoms with van der Waals surface area (Å²) >= 11 is 0. The van der Waals surface area contributed by atoms with E-state index >= 15 is 0 Å². The van der Waals surface area contributed by atoms with Crippen LogP contribution < -0.4 is 29.0 Å². The summed E-state index contributed by atoms with van der Waals surface area (Å²) in [7, 11) is 6.64. The molecule has 1 amide bonds. The third-order valence-electron chi connectivity index (χ3n) is 5.55. The molecule has 180 valence electrons. The molecule has 1 atom stereocenters. The second-order valence-corrected chi connectivity index (χ2v) is 8.36. The van der Waals surface area contributed by atoms with Crippen molar-refractivity contribution >= 4 is 5.91 Å². The van der Waals surface area contributed by atoms with Crippen molar-refractivity contribution in [2.24, 2.45) is 5.92 Å². The maximum absolute atomic E-state index is 12.9. The van der Waals surface area contributed by atoms with Crippen molar-refractivity contribution in [3.8, 4) is 28.7 Å². The van der Waals surface area contributed by atoms with E-state index in [1.54, 1.807) is 21.3 Å². The van der Waals surface area contributed by atoms with Crippen LogP contribution in [0.25, 0.3) is 0 Å². The van der Waals surface area contributed by atoms with E-state index in [1.165, 1.54) is 0 Å². The quantitative estimate of drug-likeness (QED) is 0.584. The number of nitrogens with zero attached hydrogens (tertiary/aromatic N) is 1. The van der Waals surface area contributed by atoms with Crippen LogP contribution >= 0.6 is 0 Å². The number of ether oxygens (including phenoxy) is 5. The highest BCUT2D eigenvalue weighted by Crippen LogP contribution is 2.40. The SMILES string of the molecule is COc1ccc(CN(C)CC(=O)NC(c2ccc3c(c2)OCCO3)C(C)C)c(OC)c1OC. The molecule has 0 aliphatic carbocycles. The normalized spacial score (nSPS) is 13.6. The molecule has 0 fully saturated rings. The Morgan fingerprint density at radius 3 is 2.33 bits per heavy atom. The molecule has 1 N–H and O–H groups in total. The lowest BCUT2D eigenvalue weighted by Crippen LogP contribution is -2.38. The van der Waals surface area contributed by atoms with Gasteiger partial charge >= 0.3 is 0 Å². The molecule has 1 unspecified atom stereocenters. The van der Waals surface area contributed by atoms with E-state index in [0.29, 0.717) is 37.0 Å². The van der Waals surface area contributed by atoms with Gasteiger partial charge < -0.3 is 29.0 Å². The summed E-state index contributed by atoms with van der Waals surface area (Å²) < 4.78 is 27.7. The molecule has 1 aliphatic rings. The highest BCUT2D eigenvalue weighted by Gasteiger charge is 2.23. The highest BCUT2D eigenvalue weighted by molar-refractivity contribution is 5.78. The summed E-state index contributed by atoms with van der Waals surface area (Å²) in [6.45, 7) is 5.98. The number of likely N-dealkylation sites (N-methyl/N-ethyl adjacent to an activating group) is 1. The van der Waals surface area contributed by atoms with Gasteiger partial charge in [0.1, 0.15) is 13.2 Å². The Bertz CT molecular complexity index is 962. The molecule has 0 bridgehead atoms. The monoisotopic (exact) mass is 458 g/mol. The van der Waals surface area contributed by atoms with Crippen LogP contribution in [0.4, 0.5) is 0 Å². The van der Waals surface area contributed by atoms with Gasteiger partial charge in [0, 0.05) is 12.1 Å². The average Bonchev–Trinajstić information content (AvgIpc) is 2.81. The second-order valence-electron chi connectivity index (χ2n) is 8.36. The fourth-order valence-corrected chi connectivity index (χ4v) is 3.99. The average molecular weight is 459 g/mol. The first kappa shape index (κ1) is 24.5. The van der Waals surface area contributed by atoms with Gasteiger partial charge in [-0.2, -0.15) is 0 Å². The molecule has 3 rings (SSSR count). The summed E-state index contributed by atoms with van der Waals surface area (Å²) in [4.78, 5) is 14.8. The zero-order valence-corrected chi connectivity index (χ0v) is 20.3. The smallest absolute Gasteiger partial charge is 0.234 e. The number of nitrogens with one attached hydrogen (secondary N) is 1. The minimum atomic E-state index is -0.141. The number of carbonyl (C=O) groups excluding carboxylic acids is 1. The van der Waals surface area contributed by atoms with Gasteiger partial charge in [-0.15, -0.1) is 0 Å². The molecule has 0 spiro atoms. The van der Waals surface area contributed by atoms with E-state index in [4.69, 9.17) is 23.7 Å². The largest absolute Gasteiger partial charge is 0.493 e. The van der Waals surface area contributed by atoms with Gasteiger partial charge in [0.05, 0.1) is 33.9 Å². The van der Waals surface area contributed by atoms with Gasteiger partial charge in [0.2, 0.25) is 11.7 Å². The van der Waals surface area contributed by atoms with Gasteiger partial charge in [0.15, 0.2) is 23.0 Å². The van der Waals surface area contributed by atoms with Crippen molar-refractivity contribution in [2.75, 3.05) is 48.1 Å². The van der Waals surface area contributed by atoms with Crippen molar-refractivity contribution in [2.45, 2.75) is 26.4 Å². The number of carbonyl (C=O) groups is 1. The summed E-state index contributed by atoms with van der Waals surface area (Å²) in [5.41, 5.74) is 1.89. The maximum Gasteiger partial charge on any atom is 0.234 e. The molecular weight excluding hydrogens is 424 g/mol. The van der Waals surface area contributed by atoms with Crippen molar-refractivity contribution in [1.29, 1.82) is 0 Å². The van der Waals surface area contributed by atoms with Crippen molar-refractivity contribution in [3.05, 3.63) is 41.5 Å².